The van der Waals surface area contributed by atoms with Crippen LogP contribution in [0.5, 0.6) is 0 Å². The first-order chi connectivity index (χ1) is 10.2. The number of hydrogen-bond donors (Lipinski definition) is 2. The van der Waals surface area contributed by atoms with Gasteiger partial charge >= 0.3 is 0 Å². The van der Waals surface area contributed by atoms with Gasteiger partial charge in [-0.2, -0.15) is 0 Å². The van der Waals surface area contributed by atoms with E-state index in [9.17, 15) is 4.79 Å². The van der Waals surface area contributed by atoms with Crippen molar-refractivity contribution in [3.05, 3.63) is 46.4 Å². The molecule has 0 atom stereocenters. The maximum atomic E-state index is 11.6. The molecule has 22 heavy (non-hydrogen) atoms. The average molecular weight is 341 g/mol. The molecule has 2 N–H and O–H groups in total. The van der Waals surface area contributed by atoms with Gasteiger partial charge in [0.05, 0.1) is 17.7 Å². The molecule has 5 nitrogen and oxygen atoms in total. The summed E-state index contributed by atoms with van der Waals surface area (Å²) in [5, 5.41) is 7.76. The molecule has 2 aromatic rings. The van der Waals surface area contributed by atoms with Crippen molar-refractivity contribution in [3.8, 4) is 0 Å². The minimum atomic E-state index is -0.0366. The Kier molecular flexibility index (Phi) is 8.05. The van der Waals surface area contributed by atoms with Crippen LogP contribution in [0.15, 0.2) is 35.2 Å². The minimum absolute atomic E-state index is 0. The predicted octanol–water partition coefficient (Wildman–Crippen LogP) is 2.35. The monoisotopic (exact) mass is 340 g/mol. The lowest BCUT2D eigenvalue weighted by Crippen LogP contribution is -2.25. The van der Waals surface area contributed by atoms with Gasteiger partial charge < -0.3 is 10.6 Å². The highest BCUT2D eigenvalue weighted by atomic mass is 35.5. The van der Waals surface area contributed by atoms with Crippen LogP contribution in [0.2, 0.25) is 0 Å². The summed E-state index contributed by atoms with van der Waals surface area (Å²) < 4.78 is 0. The molecule has 0 fully saturated rings. The number of hydrogen-bond acceptors (Lipinski definition) is 5. The van der Waals surface area contributed by atoms with E-state index in [2.05, 4.69) is 39.0 Å². The quantitative estimate of drug-likeness (QED) is 0.812. The molecule has 0 aliphatic heterocycles. The normalized spacial score (nSPS) is 10.3. The fraction of sp³-hybridized carbons (Fsp3) is 0.333. The smallest absolute Gasteiger partial charge is 0.238 e. The molecule has 7 heteroatoms. The van der Waals surface area contributed by atoms with Crippen LogP contribution in [0, 0.1) is 0 Å². The Balaban J connectivity index is 0.00000242. The molecule has 0 saturated carbocycles. The van der Waals surface area contributed by atoms with Gasteiger partial charge in [0.25, 0.3) is 0 Å². The highest BCUT2D eigenvalue weighted by Crippen LogP contribution is 2.13. The van der Waals surface area contributed by atoms with Crippen LogP contribution in [0.4, 0.5) is 5.69 Å². The van der Waals surface area contributed by atoms with Gasteiger partial charge in [-0.1, -0.05) is 12.1 Å². The number of benzene rings is 1. The maximum Gasteiger partial charge on any atom is 0.238 e. The molecule has 0 unspecified atom stereocenters. The number of rotatable bonds is 7. The molecule has 1 amide bonds. The Bertz CT molecular complexity index is 577. The fourth-order valence-corrected chi connectivity index (χ4v) is 2.62. The van der Waals surface area contributed by atoms with Gasteiger partial charge in [-0.3, -0.25) is 9.69 Å². The highest BCUT2D eigenvalue weighted by Gasteiger charge is 2.05. The molecular weight excluding hydrogens is 320 g/mol. The molecule has 0 radical (unpaired) electrons. The maximum absolute atomic E-state index is 11.6. The largest absolute Gasteiger partial charge is 0.325 e. The summed E-state index contributed by atoms with van der Waals surface area (Å²) in [7, 11) is 3.81. The van der Waals surface area contributed by atoms with E-state index in [4.69, 9.17) is 0 Å². The SMILES string of the molecule is CNCC(=O)Nc1cccc(CN(C)Cc2cscn2)c1.Cl. The van der Waals surface area contributed by atoms with E-state index in [1.807, 2.05) is 23.7 Å². The number of anilines is 1. The first-order valence-corrected chi connectivity index (χ1v) is 7.70. The van der Waals surface area contributed by atoms with Crippen molar-refractivity contribution in [1.82, 2.24) is 15.2 Å². The van der Waals surface area contributed by atoms with Gasteiger partial charge in [0.15, 0.2) is 0 Å². The lowest BCUT2D eigenvalue weighted by Gasteiger charge is -2.16. The second-order valence-electron chi connectivity index (χ2n) is 4.93. The Labute approximate surface area is 141 Å². The van der Waals surface area contributed by atoms with Crippen LogP contribution in [0.3, 0.4) is 0 Å². The van der Waals surface area contributed by atoms with Crippen LogP contribution < -0.4 is 10.6 Å². The molecule has 0 aliphatic rings. The van der Waals surface area contributed by atoms with Gasteiger partial charge in [0, 0.05) is 24.2 Å². The van der Waals surface area contributed by atoms with E-state index < -0.39 is 0 Å². The number of likely N-dealkylation sites (N-methyl/N-ethyl adjacent to an activating group) is 1. The van der Waals surface area contributed by atoms with E-state index in [-0.39, 0.29) is 18.3 Å². The third-order valence-electron chi connectivity index (χ3n) is 2.92. The number of carbonyl (C=O) groups excluding carboxylic acids is 1. The Morgan fingerprint density at radius 3 is 2.86 bits per heavy atom. The van der Waals surface area contributed by atoms with Crippen molar-refractivity contribution in [1.29, 1.82) is 0 Å². The molecule has 0 spiro atoms. The molecule has 1 aromatic heterocycles. The molecule has 1 heterocycles. The van der Waals surface area contributed by atoms with E-state index in [1.54, 1.807) is 18.4 Å². The zero-order valence-corrected chi connectivity index (χ0v) is 14.3. The summed E-state index contributed by atoms with van der Waals surface area (Å²) in [6.45, 7) is 1.95. The van der Waals surface area contributed by atoms with Crippen LogP contribution in [0.25, 0.3) is 0 Å². The number of halogens is 1. The average Bonchev–Trinajstić information content (AvgIpc) is 2.92. The summed E-state index contributed by atoms with van der Waals surface area (Å²) in [5.74, 6) is -0.0366. The number of carbonyl (C=O) groups is 1. The van der Waals surface area contributed by atoms with Crippen LogP contribution in [-0.4, -0.2) is 36.4 Å². The topological polar surface area (TPSA) is 57.3 Å². The van der Waals surface area contributed by atoms with Crippen molar-refractivity contribution in [2.24, 2.45) is 0 Å². The van der Waals surface area contributed by atoms with Gasteiger partial charge in [0.1, 0.15) is 0 Å². The summed E-state index contributed by atoms with van der Waals surface area (Å²) in [6, 6.07) is 7.93. The standard InChI is InChI=1S/C15H20N4OS.ClH/c1-16-7-15(20)18-13-5-3-4-12(6-13)8-19(2)9-14-10-21-11-17-14;/h3-6,10-11,16H,7-9H2,1-2H3,(H,18,20);1H. The number of thiazole rings is 1. The lowest BCUT2D eigenvalue weighted by molar-refractivity contribution is -0.115. The molecule has 0 saturated heterocycles. The van der Waals surface area contributed by atoms with Crippen molar-refractivity contribution < 1.29 is 4.79 Å². The number of nitrogens with one attached hydrogen (secondary N) is 2. The lowest BCUT2D eigenvalue weighted by atomic mass is 10.2. The van der Waals surface area contributed by atoms with Gasteiger partial charge in [-0.15, -0.1) is 23.7 Å². The summed E-state index contributed by atoms with van der Waals surface area (Å²) in [5.41, 5.74) is 4.92. The van der Waals surface area contributed by atoms with Crippen molar-refractivity contribution in [3.63, 3.8) is 0 Å². The van der Waals surface area contributed by atoms with E-state index in [0.717, 1.165) is 30.0 Å². The van der Waals surface area contributed by atoms with Crippen molar-refractivity contribution >= 4 is 35.3 Å². The van der Waals surface area contributed by atoms with Crippen LogP contribution in [0.1, 0.15) is 11.3 Å². The van der Waals surface area contributed by atoms with Crippen LogP contribution >= 0.6 is 23.7 Å². The van der Waals surface area contributed by atoms with Gasteiger partial charge in [0.2, 0.25) is 5.91 Å². The second-order valence-corrected chi connectivity index (χ2v) is 5.65. The first kappa shape index (κ1) is 18.6. The number of aromatic nitrogens is 1. The van der Waals surface area contributed by atoms with Crippen molar-refractivity contribution in [2.75, 3.05) is 26.0 Å². The predicted molar refractivity (Wildman–Crippen MR) is 93.5 cm³/mol. The zero-order valence-electron chi connectivity index (χ0n) is 12.7. The Morgan fingerprint density at radius 1 is 1.36 bits per heavy atom. The Hall–Kier alpha value is -1.47. The van der Waals surface area contributed by atoms with E-state index in [1.165, 1.54) is 0 Å². The van der Waals surface area contributed by atoms with Crippen molar-refractivity contribution in [2.45, 2.75) is 13.1 Å². The van der Waals surface area contributed by atoms with E-state index >= 15 is 0 Å². The molecule has 1 aromatic carbocycles. The zero-order chi connectivity index (χ0) is 15.1. The summed E-state index contributed by atoms with van der Waals surface area (Å²) in [4.78, 5) is 18.1. The van der Waals surface area contributed by atoms with Gasteiger partial charge in [-0.05, 0) is 31.8 Å². The molecule has 120 valence electrons. The molecule has 2 rings (SSSR count). The minimum Gasteiger partial charge on any atom is -0.325 e. The van der Waals surface area contributed by atoms with Crippen LogP contribution in [-0.2, 0) is 17.9 Å². The second kappa shape index (κ2) is 9.53. The van der Waals surface area contributed by atoms with Gasteiger partial charge in [-0.25, -0.2) is 4.98 Å². The molecule has 0 aliphatic carbocycles. The summed E-state index contributed by atoms with van der Waals surface area (Å²) >= 11 is 1.61. The number of nitrogens with zero attached hydrogens (tertiary/aromatic N) is 2. The van der Waals surface area contributed by atoms with E-state index in [0.29, 0.717) is 6.54 Å². The first-order valence-electron chi connectivity index (χ1n) is 6.76. The molecular formula is C15H21ClN4OS. The molecule has 0 bridgehead atoms. The third kappa shape index (κ3) is 6.11. The summed E-state index contributed by atoms with van der Waals surface area (Å²) in [6.07, 6.45) is 0. The number of amides is 1. The highest BCUT2D eigenvalue weighted by molar-refractivity contribution is 7.07. The third-order valence-corrected chi connectivity index (χ3v) is 3.55. The Morgan fingerprint density at radius 2 is 2.18 bits per heavy atom. The fourth-order valence-electron chi connectivity index (χ4n) is 2.07.